The second-order valence-corrected chi connectivity index (χ2v) is 8.40. The molecule has 0 aliphatic carbocycles. The molecule has 1 aliphatic rings. The summed E-state index contributed by atoms with van der Waals surface area (Å²) in [4.78, 5) is 34.9. The first-order valence-corrected chi connectivity index (χ1v) is 10.7. The Balaban J connectivity index is 1.25. The summed E-state index contributed by atoms with van der Waals surface area (Å²) < 4.78 is 0. The maximum atomic E-state index is 13.0. The van der Waals surface area contributed by atoms with E-state index in [2.05, 4.69) is 27.4 Å². The standard InChI is InChI=1S/C26H24N4O2/c1-26(25(32)29-21-11-12-22-23(16-21)28-17-27-22)13-14-30(26)24(31)15-18-7-9-20(10-8-18)19-5-3-2-4-6-19/h2-12,16-17H,13-15H2,1H3,(H,27,28)(H,29,32). The Hall–Kier alpha value is -3.93. The number of benzene rings is 3. The van der Waals surface area contributed by atoms with Crippen LogP contribution in [0.15, 0.2) is 79.1 Å². The zero-order valence-corrected chi connectivity index (χ0v) is 17.8. The number of imidazole rings is 1. The molecule has 0 saturated carbocycles. The van der Waals surface area contributed by atoms with Crippen molar-refractivity contribution in [3.8, 4) is 11.1 Å². The number of hydrogen-bond donors (Lipinski definition) is 2. The highest BCUT2D eigenvalue weighted by Crippen LogP contribution is 2.33. The number of aromatic nitrogens is 2. The van der Waals surface area contributed by atoms with Crippen molar-refractivity contribution >= 4 is 28.5 Å². The van der Waals surface area contributed by atoms with Gasteiger partial charge >= 0.3 is 0 Å². The van der Waals surface area contributed by atoms with Crippen molar-refractivity contribution in [1.82, 2.24) is 14.9 Å². The Morgan fingerprint density at radius 1 is 1.03 bits per heavy atom. The summed E-state index contributed by atoms with van der Waals surface area (Å²) in [5.41, 5.74) is 4.73. The van der Waals surface area contributed by atoms with E-state index in [-0.39, 0.29) is 18.2 Å². The van der Waals surface area contributed by atoms with Gasteiger partial charge in [0.1, 0.15) is 5.54 Å². The molecule has 1 saturated heterocycles. The normalized spacial score (nSPS) is 17.7. The molecule has 1 unspecified atom stereocenters. The number of aromatic amines is 1. The van der Waals surface area contributed by atoms with Crippen LogP contribution in [-0.4, -0.2) is 38.8 Å². The molecular weight excluding hydrogens is 400 g/mol. The van der Waals surface area contributed by atoms with E-state index in [1.807, 2.05) is 67.6 Å². The number of likely N-dealkylation sites (tertiary alicyclic amines) is 1. The summed E-state index contributed by atoms with van der Waals surface area (Å²) in [5.74, 6) is -0.208. The van der Waals surface area contributed by atoms with Gasteiger partial charge in [-0.1, -0.05) is 54.6 Å². The van der Waals surface area contributed by atoms with E-state index in [4.69, 9.17) is 0 Å². The van der Waals surface area contributed by atoms with Gasteiger partial charge in [0, 0.05) is 12.2 Å². The van der Waals surface area contributed by atoms with E-state index < -0.39 is 5.54 Å². The second kappa shape index (κ2) is 7.96. The topological polar surface area (TPSA) is 78.1 Å². The van der Waals surface area contributed by atoms with E-state index in [9.17, 15) is 9.59 Å². The highest BCUT2D eigenvalue weighted by Gasteiger charge is 2.49. The van der Waals surface area contributed by atoms with Crippen LogP contribution in [0, 0.1) is 0 Å². The molecule has 1 fully saturated rings. The van der Waals surface area contributed by atoms with Crippen LogP contribution in [0.3, 0.4) is 0 Å². The third kappa shape index (κ3) is 3.64. The van der Waals surface area contributed by atoms with Crippen LogP contribution in [0.2, 0.25) is 0 Å². The summed E-state index contributed by atoms with van der Waals surface area (Å²) in [5, 5.41) is 2.96. The minimum Gasteiger partial charge on any atom is -0.345 e. The zero-order valence-electron chi connectivity index (χ0n) is 17.8. The highest BCUT2D eigenvalue weighted by atomic mass is 16.2. The molecule has 2 heterocycles. The number of hydrogen-bond acceptors (Lipinski definition) is 3. The Kier molecular flexibility index (Phi) is 4.98. The van der Waals surface area contributed by atoms with E-state index >= 15 is 0 Å². The van der Waals surface area contributed by atoms with Gasteiger partial charge in [0.05, 0.1) is 23.8 Å². The number of H-pyrrole nitrogens is 1. The molecule has 0 radical (unpaired) electrons. The lowest BCUT2D eigenvalue weighted by Gasteiger charge is -2.49. The molecule has 6 heteroatoms. The van der Waals surface area contributed by atoms with E-state index in [0.717, 1.165) is 27.7 Å². The predicted octanol–water partition coefficient (Wildman–Crippen LogP) is 4.40. The Labute approximate surface area is 186 Å². The van der Waals surface area contributed by atoms with Gasteiger partial charge in [0.15, 0.2) is 0 Å². The van der Waals surface area contributed by atoms with Crippen molar-refractivity contribution < 1.29 is 9.59 Å². The average molecular weight is 425 g/mol. The number of amides is 2. The number of anilines is 1. The summed E-state index contributed by atoms with van der Waals surface area (Å²) in [6, 6.07) is 23.7. The van der Waals surface area contributed by atoms with Crippen LogP contribution in [0.4, 0.5) is 5.69 Å². The van der Waals surface area contributed by atoms with Crippen LogP contribution in [0.5, 0.6) is 0 Å². The van der Waals surface area contributed by atoms with Crippen LogP contribution >= 0.6 is 0 Å². The molecule has 2 N–H and O–H groups in total. The van der Waals surface area contributed by atoms with Gasteiger partial charge in [0.25, 0.3) is 0 Å². The molecular formula is C26H24N4O2. The van der Waals surface area contributed by atoms with Gasteiger partial charge in [0.2, 0.25) is 11.8 Å². The molecule has 1 aliphatic heterocycles. The SMILES string of the molecule is CC1(C(=O)Nc2ccc3nc[nH]c3c2)CCN1C(=O)Cc1ccc(-c2ccccc2)cc1. The molecule has 160 valence electrons. The predicted molar refractivity (Wildman–Crippen MR) is 125 cm³/mol. The largest absolute Gasteiger partial charge is 0.345 e. The number of nitrogens with one attached hydrogen (secondary N) is 2. The lowest BCUT2D eigenvalue weighted by molar-refractivity contribution is -0.154. The highest BCUT2D eigenvalue weighted by molar-refractivity contribution is 6.02. The van der Waals surface area contributed by atoms with Crippen molar-refractivity contribution in [2.75, 3.05) is 11.9 Å². The first kappa shape index (κ1) is 20.0. The number of carbonyl (C=O) groups is 2. The van der Waals surface area contributed by atoms with E-state index in [0.29, 0.717) is 18.7 Å². The minimum absolute atomic E-state index is 0.0367. The third-order valence-electron chi connectivity index (χ3n) is 6.30. The molecule has 1 atom stereocenters. The van der Waals surface area contributed by atoms with Crippen molar-refractivity contribution in [2.45, 2.75) is 25.3 Å². The minimum atomic E-state index is -0.843. The molecule has 6 nitrogen and oxygen atoms in total. The van der Waals surface area contributed by atoms with Crippen LogP contribution < -0.4 is 5.32 Å². The number of carbonyl (C=O) groups excluding carboxylic acids is 2. The van der Waals surface area contributed by atoms with Gasteiger partial charge < -0.3 is 15.2 Å². The fourth-order valence-corrected chi connectivity index (χ4v) is 4.19. The number of rotatable bonds is 5. The van der Waals surface area contributed by atoms with Crippen LogP contribution in [0.1, 0.15) is 18.9 Å². The lowest BCUT2D eigenvalue weighted by Crippen LogP contribution is -2.66. The average Bonchev–Trinajstić information content (AvgIpc) is 3.27. The molecule has 2 amide bonds. The Morgan fingerprint density at radius 3 is 2.50 bits per heavy atom. The maximum absolute atomic E-state index is 13.0. The van der Waals surface area contributed by atoms with Crippen LogP contribution in [0.25, 0.3) is 22.2 Å². The van der Waals surface area contributed by atoms with Gasteiger partial charge in [-0.15, -0.1) is 0 Å². The summed E-state index contributed by atoms with van der Waals surface area (Å²) in [6.07, 6.45) is 2.54. The zero-order chi connectivity index (χ0) is 22.1. The molecule has 1 aromatic heterocycles. The first-order valence-electron chi connectivity index (χ1n) is 10.7. The smallest absolute Gasteiger partial charge is 0.250 e. The Morgan fingerprint density at radius 2 is 1.78 bits per heavy atom. The van der Waals surface area contributed by atoms with Crippen molar-refractivity contribution in [3.05, 3.63) is 84.7 Å². The van der Waals surface area contributed by atoms with Gasteiger partial charge in [-0.05, 0) is 48.2 Å². The molecule has 5 rings (SSSR count). The molecule has 0 spiro atoms. The Bertz CT molecular complexity index is 1280. The monoisotopic (exact) mass is 424 g/mol. The quantitative estimate of drug-likeness (QED) is 0.498. The van der Waals surface area contributed by atoms with Gasteiger partial charge in [-0.2, -0.15) is 0 Å². The van der Waals surface area contributed by atoms with Crippen LogP contribution in [-0.2, 0) is 16.0 Å². The van der Waals surface area contributed by atoms with Gasteiger partial charge in [-0.3, -0.25) is 9.59 Å². The summed E-state index contributed by atoms with van der Waals surface area (Å²) >= 11 is 0. The maximum Gasteiger partial charge on any atom is 0.250 e. The van der Waals surface area contributed by atoms with E-state index in [1.54, 1.807) is 11.2 Å². The van der Waals surface area contributed by atoms with Crippen molar-refractivity contribution in [1.29, 1.82) is 0 Å². The number of nitrogens with zero attached hydrogens (tertiary/aromatic N) is 2. The fourth-order valence-electron chi connectivity index (χ4n) is 4.19. The summed E-state index contributed by atoms with van der Waals surface area (Å²) in [6.45, 7) is 2.42. The van der Waals surface area contributed by atoms with Crippen molar-refractivity contribution in [3.63, 3.8) is 0 Å². The lowest BCUT2D eigenvalue weighted by atomic mass is 9.84. The number of fused-ring (bicyclic) bond motifs is 1. The molecule has 32 heavy (non-hydrogen) atoms. The molecule has 0 bridgehead atoms. The molecule has 4 aromatic rings. The third-order valence-corrected chi connectivity index (χ3v) is 6.30. The van der Waals surface area contributed by atoms with E-state index in [1.165, 1.54) is 0 Å². The van der Waals surface area contributed by atoms with Crippen molar-refractivity contribution in [2.24, 2.45) is 0 Å². The second-order valence-electron chi connectivity index (χ2n) is 8.40. The summed E-state index contributed by atoms with van der Waals surface area (Å²) in [7, 11) is 0. The first-order chi connectivity index (χ1) is 15.5. The molecule has 3 aromatic carbocycles. The fraction of sp³-hybridized carbons (Fsp3) is 0.192. The van der Waals surface area contributed by atoms with Gasteiger partial charge in [-0.25, -0.2) is 4.98 Å².